The summed E-state index contributed by atoms with van der Waals surface area (Å²) in [6.07, 6.45) is 0.726. The van der Waals surface area contributed by atoms with Crippen LogP contribution in [0.15, 0.2) is 24.3 Å². The zero-order chi connectivity index (χ0) is 18.3. The Kier molecular flexibility index (Phi) is 7.21. The van der Waals surface area contributed by atoms with Gasteiger partial charge in [0.2, 0.25) is 10.0 Å². The number of carboxylic acid groups (broad SMARTS) is 1. The number of para-hydroxylation sites is 1. The van der Waals surface area contributed by atoms with E-state index in [1.54, 1.807) is 19.1 Å². The number of carbonyl (C=O) groups is 2. The van der Waals surface area contributed by atoms with Crippen LogP contribution < -0.4 is 10.0 Å². The number of carbonyl (C=O) groups excluding carboxylic acids is 1. The van der Waals surface area contributed by atoms with E-state index in [2.05, 4.69) is 10.0 Å². The predicted octanol–water partition coefficient (Wildman–Crippen LogP) is 2.07. The predicted molar refractivity (Wildman–Crippen MR) is 92.5 cm³/mol. The van der Waals surface area contributed by atoms with Crippen molar-refractivity contribution >= 4 is 27.6 Å². The van der Waals surface area contributed by atoms with Crippen molar-refractivity contribution < 1.29 is 23.1 Å². The highest BCUT2D eigenvalue weighted by molar-refractivity contribution is 7.92. The van der Waals surface area contributed by atoms with E-state index in [9.17, 15) is 23.1 Å². The highest BCUT2D eigenvalue weighted by atomic mass is 32.2. The average molecular weight is 356 g/mol. The molecule has 24 heavy (non-hydrogen) atoms. The molecule has 1 atom stereocenters. The minimum absolute atomic E-state index is 0.0615. The molecule has 1 aromatic carbocycles. The van der Waals surface area contributed by atoms with Gasteiger partial charge in [-0.05, 0) is 30.9 Å². The summed E-state index contributed by atoms with van der Waals surface area (Å²) in [7, 11) is -3.55. The number of carboxylic acids is 1. The summed E-state index contributed by atoms with van der Waals surface area (Å²) in [5, 5.41) is 11.7. The lowest BCUT2D eigenvalue weighted by molar-refractivity contribution is -0.139. The molecule has 0 spiro atoms. The second-order valence-electron chi connectivity index (χ2n) is 5.96. The fourth-order valence-corrected chi connectivity index (χ4v) is 3.34. The molecule has 0 saturated heterocycles. The van der Waals surface area contributed by atoms with Gasteiger partial charge >= 0.3 is 5.97 Å². The molecular weight excluding hydrogens is 332 g/mol. The van der Waals surface area contributed by atoms with Crippen molar-refractivity contribution in [2.45, 2.75) is 39.7 Å². The van der Waals surface area contributed by atoms with Gasteiger partial charge in [0.15, 0.2) is 0 Å². The van der Waals surface area contributed by atoms with Gasteiger partial charge in [0, 0.05) is 0 Å². The maximum absolute atomic E-state index is 12.4. The van der Waals surface area contributed by atoms with Crippen LogP contribution in [0.5, 0.6) is 0 Å². The number of sulfonamides is 1. The first kappa shape index (κ1) is 20.0. The van der Waals surface area contributed by atoms with E-state index >= 15 is 0 Å². The Morgan fingerprint density at radius 3 is 2.38 bits per heavy atom. The van der Waals surface area contributed by atoms with Crippen molar-refractivity contribution in [3.05, 3.63) is 29.8 Å². The van der Waals surface area contributed by atoms with Crippen molar-refractivity contribution in [2.75, 3.05) is 10.5 Å². The van der Waals surface area contributed by atoms with Crippen LogP contribution in [0.3, 0.4) is 0 Å². The zero-order valence-corrected chi connectivity index (χ0v) is 14.9. The molecule has 0 unspecified atom stereocenters. The van der Waals surface area contributed by atoms with Gasteiger partial charge < -0.3 is 10.4 Å². The molecule has 0 radical (unpaired) electrons. The van der Waals surface area contributed by atoms with Crippen molar-refractivity contribution in [2.24, 2.45) is 5.92 Å². The topological polar surface area (TPSA) is 113 Å². The summed E-state index contributed by atoms with van der Waals surface area (Å²) in [4.78, 5) is 23.7. The number of hydrogen-bond donors (Lipinski definition) is 3. The Morgan fingerprint density at radius 1 is 1.21 bits per heavy atom. The lowest BCUT2D eigenvalue weighted by Crippen LogP contribution is -2.41. The summed E-state index contributed by atoms with van der Waals surface area (Å²) in [6, 6.07) is 5.08. The largest absolute Gasteiger partial charge is 0.480 e. The molecule has 1 rings (SSSR count). The Labute approximate surface area is 142 Å². The van der Waals surface area contributed by atoms with Crippen LogP contribution in [0, 0.1) is 5.92 Å². The first-order valence-corrected chi connectivity index (χ1v) is 9.44. The van der Waals surface area contributed by atoms with Crippen LogP contribution in [0.25, 0.3) is 0 Å². The van der Waals surface area contributed by atoms with Crippen LogP contribution >= 0.6 is 0 Å². The zero-order valence-electron chi connectivity index (χ0n) is 14.1. The number of benzene rings is 1. The third-order valence-corrected chi connectivity index (χ3v) is 4.70. The molecule has 1 aromatic rings. The highest BCUT2D eigenvalue weighted by Gasteiger charge is 2.23. The van der Waals surface area contributed by atoms with E-state index < -0.39 is 27.9 Å². The summed E-state index contributed by atoms with van der Waals surface area (Å²) >= 11 is 0. The molecule has 0 aliphatic carbocycles. The van der Waals surface area contributed by atoms with Crippen LogP contribution in [-0.2, 0) is 14.8 Å². The fourth-order valence-electron chi connectivity index (χ4n) is 2.19. The molecule has 0 aliphatic rings. The van der Waals surface area contributed by atoms with Crippen LogP contribution in [0.4, 0.5) is 5.69 Å². The Balaban J connectivity index is 3.01. The molecule has 0 fully saturated rings. The smallest absolute Gasteiger partial charge is 0.326 e. The summed E-state index contributed by atoms with van der Waals surface area (Å²) in [6.45, 7) is 5.45. The van der Waals surface area contributed by atoms with Crippen molar-refractivity contribution in [1.82, 2.24) is 5.32 Å². The lowest BCUT2D eigenvalue weighted by Gasteiger charge is -2.18. The van der Waals surface area contributed by atoms with Crippen LogP contribution in [0.1, 0.15) is 44.0 Å². The van der Waals surface area contributed by atoms with Gasteiger partial charge in [-0.1, -0.05) is 32.9 Å². The number of rotatable bonds is 9. The number of anilines is 1. The van der Waals surface area contributed by atoms with Crippen molar-refractivity contribution in [3.63, 3.8) is 0 Å². The van der Waals surface area contributed by atoms with E-state index in [0.29, 0.717) is 6.42 Å². The SMILES string of the molecule is CCCS(=O)(=O)Nc1ccccc1C(=O)N[C@H](CC(C)C)C(=O)O. The Hall–Kier alpha value is -2.09. The number of hydrogen-bond acceptors (Lipinski definition) is 4. The van der Waals surface area contributed by atoms with Gasteiger partial charge in [-0.15, -0.1) is 0 Å². The average Bonchev–Trinajstić information content (AvgIpc) is 2.45. The van der Waals surface area contributed by atoms with E-state index in [0.717, 1.165) is 0 Å². The Morgan fingerprint density at radius 2 is 1.83 bits per heavy atom. The monoisotopic (exact) mass is 356 g/mol. The van der Waals surface area contributed by atoms with Gasteiger partial charge in [-0.3, -0.25) is 9.52 Å². The minimum Gasteiger partial charge on any atom is -0.480 e. The number of amides is 1. The maximum atomic E-state index is 12.4. The summed E-state index contributed by atoms with van der Waals surface area (Å²) in [5.41, 5.74) is 0.226. The summed E-state index contributed by atoms with van der Waals surface area (Å²) < 4.78 is 26.2. The molecular formula is C16H24N2O5S. The molecule has 0 aliphatic heterocycles. The van der Waals surface area contributed by atoms with E-state index in [1.807, 2.05) is 13.8 Å². The second-order valence-corrected chi connectivity index (χ2v) is 7.80. The van der Waals surface area contributed by atoms with Crippen molar-refractivity contribution in [3.8, 4) is 0 Å². The number of aliphatic carboxylic acids is 1. The molecule has 0 bridgehead atoms. The molecule has 134 valence electrons. The molecule has 8 heteroatoms. The standard InChI is InChI=1S/C16H24N2O5S/c1-4-9-24(22,23)18-13-8-6-5-7-12(13)15(19)17-14(16(20)21)10-11(2)3/h5-8,11,14,18H,4,9-10H2,1-3H3,(H,17,19)(H,20,21)/t14-/m1/s1. The van der Waals surface area contributed by atoms with Gasteiger partial charge in [0.25, 0.3) is 5.91 Å². The van der Waals surface area contributed by atoms with Crippen LogP contribution in [-0.4, -0.2) is 37.2 Å². The van der Waals surface area contributed by atoms with Crippen LogP contribution in [0.2, 0.25) is 0 Å². The van der Waals surface area contributed by atoms with Crippen molar-refractivity contribution in [1.29, 1.82) is 0 Å². The fraction of sp³-hybridized carbons (Fsp3) is 0.500. The Bertz CT molecular complexity index is 685. The maximum Gasteiger partial charge on any atom is 0.326 e. The molecule has 0 heterocycles. The molecule has 0 saturated carbocycles. The minimum atomic E-state index is -3.55. The first-order valence-electron chi connectivity index (χ1n) is 7.79. The van der Waals surface area contributed by atoms with Gasteiger partial charge in [-0.2, -0.15) is 0 Å². The van der Waals surface area contributed by atoms with E-state index in [4.69, 9.17) is 0 Å². The molecule has 0 aromatic heterocycles. The normalized spacial score (nSPS) is 12.7. The first-order chi connectivity index (χ1) is 11.2. The molecule has 1 amide bonds. The van der Waals surface area contributed by atoms with E-state index in [-0.39, 0.29) is 29.3 Å². The number of nitrogens with one attached hydrogen (secondary N) is 2. The third kappa shape index (κ3) is 6.19. The van der Waals surface area contributed by atoms with Gasteiger partial charge in [0.05, 0.1) is 17.0 Å². The third-order valence-electron chi connectivity index (χ3n) is 3.22. The quantitative estimate of drug-likeness (QED) is 0.627. The molecule has 7 nitrogen and oxygen atoms in total. The van der Waals surface area contributed by atoms with Gasteiger partial charge in [0.1, 0.15) is 6.04 Å². The van der Waals surface area contributed by atoms with Gasteiger partial charge in [-0.25, -0.2) is 13.2 Å². The lowest BCUT2D eigenvalue weighted by atomic mass is 10.0. The second kappa shape index (κ2) is 8.68. The highest BCUT2D eigenvalue weighted by Crippen LogP contribution is 2.18. The summed E-state index contributed by atoms with van der Waals surface area (Å²) in [5.74, 6) is -1.72. The van der Waals surface area contributed by atoms with E-state index in [1.165, 1.54) is 12.1 Å². The molecule has 3 N–H and O–H groups in total.